The van der Waals surface area contributed by atoms with E-state index in [9.17, 15) is 0 Å². The summed E-state index contributed by atoms with van der Waals surface area (Å²) in [5.74, 6) is 3.28. The van der Waals surface area contributed by atoms with Gasteiger partial charge in [-0.3, -0.25) is 0 Å². The highest BCUT2D eigenvalue weighted by atomic mass is 32.2. The molecule has 0 bridgehead atoms. The van der Waals surface area contributed by atoms with Gasteiger partial charge in [-0.1, -0.05) is 6.92 Å². The maximum atomic E-state index is 4.33. The highest BCUT2D eigenvalue weighted by Crippen LogP contribution is 2.14. The van der Waals surface area contributed by atoms with Crippen molar-refractivity contribution in [3.63, 3.8) is 0 Å². The molecular weight excluding hydrogens is 206 g/mol. The Hall–Kier alpha value is -0.640. The van der Waals surface area contributed by atoms with Gasteiger partial charge in [-0.2, -0.15) is 11.8 Å². The number of nitrogens with zero attached hydrogens (tertiary/aromatic N) is 2. The molecule has 3 nitrogen and oxygen atoms in total. The van der Waals surface area contributed by atoms with Gasteiger partial charge in [-0.25, -0.2) is 4.98 Å². The van der Waals surface area contributed by atoms with Crippen LogP contribution in [0.2, 0.25) is 0 Å². The smallest absolute Gasteiger partial charge is 0.203 e. The molecular formula is C11H21N3S. The van der Waals surface area contributed by atoms with Crippen LogP contribution in [-0.4, -0.2) is 27.1 Å². The van der Waals surface area contributed by atoms with Gasteiger partial charge >= 0.3 is 0 Å². The Morgan fingerprint density at radius 2 is 2.20 bits per heavy atom. The minimum Gasteiger partial charge on any atom is -0.352 e. The lowest BCUT2D eigenvalue weighted by molar-refractivity contribution is 0.601. The number of imidazole rings is 1. The fourth-order valence-electron chi connectivity index (χ4n) is 1.40. The molecule has 4 heteroatoms. The number of thioether (sulfide) groups is 1. The second-order valence-corrected chi connectivity index (χ2v) is 5.28. The number of aromatic nitrogens is 2. The molecule has 1 aromatic rings. The summed E-state index contributed by atoms with van der Waals surface area (Å²) in [6, 6.07) is 0.927. The van der Waals surface area contributed by atoms with Crippen molar-refractivity contribution in [3.8, 4) is 0 Å². The lowest BCUT2D eigenvalue weighted by atomic mass is 10.4. The largest absolute Gasteiger partial charge is 0.352 e. The van der Waals surface area contributed by atoms with Crippen LogP contribution in [0.15, 0.2) is 12.4 Å². The van der Waals surface area contributed by atoms with E-state index in [1.165, 1.54) is 5.75 Å². The standard InChI is InChI=1S/C11H21N3S/c1-5-15-8-10(4)13-11-12-6-7-14(11)9(2)3/h6-7,9-10H,5,8H2,1-4H3,(H,12,13). The lowest BCUT2D eigenvalue weighted by Gasteiger charge is -2.17. The average molecular weight is 227 g/mol. The van der Waals surface area contributed by atoms with Crippen LogP contribution >= 0.6 is 11.8 Å². The van der Waals surface area contributed by atoms with Crippen LogP contribution in [0.5, 0.6) is 0 Å². The van der Waals surface area contributed by atoms with Gasteiger partial charge in [0.2, 0.25) is 5.95 Å². The molecule has 1 unspecified atom stereocenters. The molecule has 0 saturated carbocycles. The van der Waals surface area contributed by atoms with Crippen molar-refractivity contribution in [1.82, 2.24) is 9.55 Å². The van der Waals surface area contributed by atoms with E-state index in [-0.39, 0.29) is 0 Å². The van der Waals surface area contributed by atoms with E-state index >= 15 is 0 Å². The highest BCUT2D eigenvalue weighted by molar-refractivity contribution is 7.99. The minimum absolute atomic E-state index is 0.459. The molecule has 1 heterocycles. The third-order valence-electron chi connectivity index (χ3n) is 2.17. The summed E-state index contributed by atoms with van der Waals surface area (Å²) >= 11 is 1.95. The zero-order valence-corrected chi connectivity index (χ0v) is 10.8. The summed E-state index contributed by atoms with van der Waals surface area (Å²) in [5.41, 5.74) is 0. The lowest BCUT2D eigenvalue weighted by Crippen LogP contribution is -2.21. The molecule has 0 spiro atoms. The van der Waals surface area contributed by atoms with Crippen molar-refractivity contribution in [2.45, 2.75) is 39.8 Å². The Balaban J connectivity index is 2.52. The van der Waals surface area contributed by atoms with E-state index in [0.717, 1.165) is 11.7 Å². The SMILES string of the molecule is CCSCC(C)Nc1nccn1C(C)C. The summed E-state index contributed by atoms with van der Waals surface area (Å²) in [7, 11) is 0. The summed E-state index contributed by atoms with van der Waals surface area (Å²) in [4.78, 5) is 4.33. The van der Waals surface area contributed by atoms with E-state index in [1.807, 2.05) is 24.2 Å². The minimum atomic E-state index is 0.459. The van der Waals surface area contributed by atoms with Crippen LogP contribution in [0, 0.1) is 0 Å². The topological polar surface area (TPSA) is 29.9 Å². The van der Waals surface area contributed by atoms with Crippen LogP contribution in [0.25, 0.3) is 0 Å². The first-order valence-corrected chi connectivity index (χ1v) is 6.67. The molecule has 1 aromatic heterocycles. The summed E-state index contributed by atoms with van der Waals surface area (Å²) in [6.07, 6.45) is 3.87. The molecule has 15 heavy (non-hydrogen) atoms. The number of hydrogen-bond acceptors (Lipinski definition) is 3. The molecule has 1 rings (SSSR count). The van der Waals surface area contributed by atoms with Crippen molar-refractivity contribution in [1.29, 1.82) is 0 Å². The van der Waals surface area contributed by atoms with Crippen molar-refractivity contribution >= 4 is 17.7 Å². The van der Waals surface area contributed by atoms with Gasteiger partial charge in [0.1, 0.15) is 0 Å². The zero-order chi connectivity index (χ0) is 11.3. The van der Waals surface area contributed by atoms with Crippen molar-refractivity contribution in [3.05, 3.63) is 12.4 Å². The monoisotopic (exact) mass is 227 g/mol. The Kier molecular flexibility index (Phi) is 5.02. The van der Waals surface area contributed by atoms with Crippen LogP contribution in [0.1, 0.15) is 33.7 Å². The molecule has 0 aromatic carbocycles. The Morgan fingerprint density at radius 1 is 1.47 bits per heavy atom. The van der Waals surface area contributed by atoms with Crippen LogP contribution in [0.4, 0.5) is 5.95 Å². The predicted molar refractivity (Wildman–Crippen MR) is 68.7 cm³/mol. The van der Waals surface area contributed by atoms with Gasteiger partial charge in [0.05, 0.1) is 0 Å². The Morgan fingerprint density at radius 3 is 2.80 bits per heavy atom. The first kappa shape index (κ1) is 12.4. The second-order valence-electron chi connectivity index (χ2n) is 3.96. The maximum absolute atomic E-state index is 4.33. The van der Waals surface area contributed by atoms with Gasteiger partial charge in [0.25, 0.3) is 0 Å². The van der Waals surface area contributed by atoms with Gasteiger partial charge in [0, 0.05) is 30.2 Å². The first-order valence-electron chi connectivity index (χ1n) is 5.52. The fraction of sp³-hybridized carbons (Fsp3) is 0.727. The van der Waals surface area contributed by atoms with Crippen LogP contribution < -0.4 is 5.32 Å². The Labute approximate surface area is 96.7 Å². The van der Waals surface area contributed by atoms with E-state index in [4.69, 9.17) is 0 Å². The molecule has 1 atom stereocenters. The molecule has 0 aliphatic rings. The average Bonchev–Trinajstić information content (AvgIpc) is 2.62. The molecule has 0 aliphatic heterocycles. The van der Waals surface area contributed by atoms with Crippen molar-refractivity contribution in [2.75, 3.05) is 16.8 Å². The van der Waals surface area contributed by atoms with Crippen molar-refractivity contribution < 1.29 is 0 Å². The van der Waals surface area contributed by atoms with E-state index in [1.54, 1.807) is 0 Å². The first-order chi connectivity index (χ1) is 7.15. The number of anilines is 1. The molecule has 0 aliphatic carbocycles. The summed E-state index contributed by atoms with van der Waals surface area (Å²) in [5, 5.41) is 3.44. The zero-order valence-electron chi connectivity index (χ0n) is 10.0. The third-order valence-corrected chi connectivity index (χ3v) is 3.32. The third kappa shape index (κ3) is 3.78. The number of hydrogen-bond donors (Lipinski definition) is 1. The molecule has 0 saturated heterocycles. The van der Waals surface area contributed by atoms with E-state index in [2.05, 4.69) is 42.6 Å². The second kappa shape index (κ2) is 6.05. The predicted octanol–water partition coefficient (Wildman–Crippen LogP) is 3.02. The summed E-state index contributed by atoms with van der Waals surface area (Å²) < 4.78 is 2.16. The Bertz CT molecular complexity index is 283. The highest BCUT2D eigenvalue weighted by Gasteiger charge is 2.08. The quantitative estimate of drug-likeness (QED) is 0.810. The molecule has 0 fully saturated rings. The van der Waals surface area contributed by atoms with Gasteiger partial charge in [-0.05, 0) is 26.5 Å². The number of nitrogens with one attached hydrogen (secondary N) is 1. The van der Waals surface area contributed by atoms with Gasteiger partial charge < -0.3 is 9.88 Å². The van der Waals surface area contributed by atoms with Crippen molar-refractivity contribution in [2.24, 2.45) is 0 Å². The fourth-order valence-corrected chi connectivity index (χ4v) is 2.07. The van der Waals surface area contributed by atoms with Gasteiger partial charge in [-0.15, -0.1) is 0 Å². The van der Waals surface area contributed by atoms with E-state index < -0.39 is 0 Å². The summed E-state index contributed by atoms with van der Waals surface area (Å²) in [6.45, 7) is 8.71. The molecule has 86 valence electrons. The maximum Gasteiger partial charge on any atom is 0.203 e. The number of rotatable bonds is 6. The van der Waals surface area contributed by atoms with Crippen LogP contribution in [-0.2, 0) is 0 Å². The molecule has 1 N–H and O–H groups in total. The van der Waals surface area contributed by atoms with Crippen LogP contribution in [0.3, 0.4) is 0 Å². The molecule has 0 amide bonds. The molecule has 0 radical (unpaired) electrons. The van der Waals surface area contributed by atoms with E-state index in [0.29, 0.717) is 12.1 Å². The normalized spacial score (nSPS) is 13.1. The van der Waals surface area contributed by atoms with Gasteiger partial charge in [0.15, 0.2) is 0 Å².